The zero-order valence-electron chi connectivity index (χ0n) is 9.82. The van der Waals surface area contributed by atoms with Crippen LogP contribution < -0.4 is 0 Å². The summed E-state index contributed by atoms with van der Waals surface area (Å²) in [4.78, 5) is 10.5. The van der Waals surface area contributed by atoms with E-state index in [1.165, 1.54) is 0 Å². The van der Waals surface area contributed by atoms with E-state index in [-0.39, 0.29) is 0 Å². The fraction of sp³-hybridized carbons (Fsp3) is 0.875. The second-order valence-electron chi connectivity index (χ2n) is 3.79. The van der Waals surface area contributed by atoms with Crippen molar-refractivity contribution < 1.29 is 59.3 Å². The minimum atomic E-state index is -7.30. The Balaban J connectivity index is 5.82. The van der Waals surface area contributed by atoms with Crippen LogP contribution >= 0.6 is 0 Å². The molecule has 0 radical (unpaired) electrons. The number of aliphatic hydroxyl groups is 2. The summed E-state index contributed by atoms with van der Waals surface area (Å²) in [5.74, 6) is -28.5. The topological polar surface area (TPSA) is 66.8 Å². The lowest BCUT2D eigenvalue weighted by Gasteiger charge is -2.39. The zero-order valence-corrected chi connectivity index (χ0v) is 9.82. The Morgan fingerprint density at radius 1 is 0.857 bits per heavy atom. The normalized spacial score (nSPS) is 15.0. The van der Waals surface area contributed by atoms with Gasteiger partial charge in [0.05, 0.1) is 7.11 Å². The molecule has 0 amide bonds. The maximum atomic E-state index is 13.1. The average molecular weight is 338 g/mol. The van der Waals surface area contributed by atoms with Crippen LogP contribution in [0.5, 0.6) is 0 Å². The first kappa shape index (κ1) is 19.8. The summed E-state index contributed by atoms with van der Waals surface area (Å²) in [7, 11) is 0.485. The highest BCUT2D eigenvalue weighted by atomic mass is 19.4. The van der Waals surface area contributed by atoms with Crippen molar-refractivity contribution in [2.45, 2.75) is 36.2 Å². The van der Waals surface area contributed by atoms with Gasteiger partial charge < -0.3 is 14.9 Å². The molecular formula is C8H7F9O4. The van der Waals surface area contributed by atoms with E-state index in [1.54, 1.807) is 0 Å². The van der Waals surface area contributed by atoms with Gasteiger partial charge in [-0.05, 0) is 0 Å². The molecule has 0 bridgehead atoms. The highest BCUT2D eigenvalue weighted by Crippen LogP contribution is 2.56. The summed E-state index contributed by atoms with van der Waals surface area (Å²) in [5.41, 5.74) is 0. The van der Waals surface area contributed by atoms with Crippen LogP contribution in [0.25, 0.3) is 0 Å². The van der Waals surface area contributed by atoms with E-state index < -0.39 is 42.1 Å². The van der Waals surface area contributed by atoms with Crippen molar-refractivity contribution >= 4 is 5.97 Å². The molecule has 0 saturated carbocycles. The Kier molecular flexibility index (Phi) is 4.89. The van der Waals surface area contributed by atoms with Crippen LogP contribution in [0.3, 0.4) is 0 Å². The van der Waals surface area contributed by atoms with Crippen LogP contribution in [0.2, 0.25) is 0 Å². The van der Waals surface area contributed by atoms with Crippen LogP contribution in [0, 0.1) is 0 Å². The van der Waals surface area contributed by atoms with Gasteiger partial charge in [0, 0.05) is 0 Å². The molecule has 0 aromatic heterocycles. The van der Waals surface area contributed by atoms with Crippen molar-refractivity contribution in [3.8, 4) is 0 Å². The fourth-order valence-corrected chi connectivity index (χ4v) is 1.01. The predicted octanol–water partition coefficient (Wildman–Crippen LogP) is 1.70. The lowest BCUT2D eigenvalue weighted by Crippen LogP contribution is -2.69. The lowest BCUT2D eigenvalue weighted by molar-refractivity contribution is -0.439. The number of rotatable bonds is 5. The summed E-state index contributed by atoms with van der Waals surface area (Å²) in [6.45, 7) is 0. The number of hydrogen-bond acceptors (Lipinski definition) is 4. The molecule has 0 heterocycles. The molecule has 2 N–H and O–H groups in total. The largest absolute Gasteiger partial charge is 0.469 e. The highest BCUT2D eigenvalue weighted by Gasteiger charge is 2.86. The molecule has 0 unspecified atom stereocenters. The van der Waals surface area contributed by atoms with Gasteiger partial charge in [-0.15, -0.1) is 0 Å². The van der Waals surface area contributed by atoms with Gasteiger partial charge in [-0.3, -0.25) is 4.79 Å². The van der Waals surface area contributed by atoms with Gasteiger partial charge >= 0.3 is 29.9 Å². The first-order valence-corrected chi connectivity index (χ1v) is 4.67. The molecule has 0 saturated heterocycles. The number of carbonyl (C=O) groups excluding carboxylic acids is 1. The van der Waals surface area contributed by atoms with Crippen molar-refractivity contribution in [3.63, 3.8) is 0 Å². The molecule has 21 heavy (non-hydrogen) atoms. The summed E-state index contributed by atoms with van der Waals surface area (Å²) < 4.78 is 116. The summed E-state index contributed by atoms with van der Waals surface area (Å²) in [5, 5.41) is 17.3. The Morgan fingerprint density at radius 3 is 1.52 bits per heavy atom. The second kappa shape index (κ2) is 5.19. The van der Waals surface area contributed by atoms with Gasteiger partial charge in [0.25, 0.3) is 0 Å². The van der Waals surface area contributed by atoms with Crippen LogP contribution in [0.1, 0.15) is 6.42 Å². The summed E-state index contributed by atoms with van der Waals surface area (Å²) >= 11 is 0. The number of esters is 1. The third-order valence-corrected chi connectivity index (χ3v) is 2.27. The van der Waals surface area contributed by atoms with E-state index in [2.05, 4.69) is 4.74 Å². The molecule has 0 aliphatic rings. The molecule has 0 atom stereocenters. The van der Waals surface area contributed by atoms with Gasteiger partial charge in [0.15, 0.2) is 0 Å². The Labute approximate surface area is 110 Å². The van der Waals surface area contributed by atoms with Crippen LogP contribution in [0.4, 0.5) is 39.5 Å². The van der Waals surface area contributed by atoms with E-state index in [1.807, 2.05) is 0 Å². The number of hydrogen-bond donors (Lipinski definition) is 2. The van der Waals surface area contributed by atoms with Crippen LogP contribution in [0.15, 0.2) is 0 Å². The molecule has 0 spiro atoms. The van der Waals surface area contributed by atoms with Gasteiger partial charge in [-0.1, -0.05) is 0 Å². The van der Waals surface area contributed by atoms with Crippen LogP contribution in [-0.4, -0.2) is 53.0 Å². The van der Waals surface area contributed by atoms with Gasteiger partial charge in [-0.2, -0.15) is 39.5 Å². The molecule has 126 valence electrons. The molecule has 4 nitrogen and oxygen atoms in total. The highest BCUT2D eigenvalue weighted by molar-refractivity contribution is 5.70. The molecule has 0 aliphatic heterocycles. The number of ether oxygens (including phenoxy) is 1. The van der Waals surface area contributed by atoms with Gasteiger partial charge in [-0.25, -0.2) is 0 Å². The minimum absolute atomic E-state index is 0.485. The Bertz CT molecular complexity index is 401. The van der Waals surface area contributed by atoms with Crippen molar-refractivity contribution in [1.29, 1.82) is 0 Å². The SMILES string of the molecule is COC(=O)CC(O)(O)C(F)(F)C(F)(F)C(F)(F)C(F)(F)F. The lowest BCUT2D eigenvalue weighted by atomic mass is 9.94. The summed E-state index contributed by atoms with van der Waals surface area (Å²) in [6.07, 6.45) is -9.48. The van der Waals surface area contributed by atoms with Crippen molar-refractivity contribution in [2.75, 3.05) is 7.11 Å². The first-order chi connectivity index (χ1) is 8.95. The monoisotopic (exact) mass is 338 g/mol. The van der Waals surface area contributed by atoms with E-state index >= 15 is 0 Å². The second-order valence-corrected chi connectivity index (χ2v) is 3.79. The molecule has 0 fully saturated rings. The first-order valence-electron chi connectivity index (χ1n) is 4.67. The number of methoxy groups -OCH3 is 1. The van der Waals surface area contributed by atoms with Crippen molar-refractivity contribution in [2.24, 2.45) is 0 Å². The zero-order chi connectivity index (χ0) is 17.5. The molecule has 0 aliphatic carbocycles. The maximum absolute atomic E-state index is 13.1. The fourth-order valence-electron chi connectivity index (χ4n) is 1.01. The predicted molar refractivity (Wildman–Crippen MR) is 44.7 cm³/mol. The van der Waals surface area contributed by atoms with E-state index in [0.29, 0.717) is 7.11 Å². The smallest absolute Gasteiger partial charge is 0.460 e. The Hall–Kier alpha value is -1.24. The standard InChI is InChI=1S/C8H7F9O4/c1-21-3(18)2-4(19,20)5(9,10)6(11,12)7(13,14)8(15,16)17/h19-20H,2H2,1H3. The quantitative estimate of drug-likeness (QED) is 0.455. The van der Waals surface area contributed by atoms with Gasteiger partial charge in [0.2, 0.25) is 5.79 Å². The molecule has 13 heteroatoms. The molecule has 0 aromatic rings. The molecule has 0 aromatic carbocycles. The van der Waals surface area contributed by atoms with E-state index in [4.69, 9.17) is 10.2 Å². The molecule has 0 rings (SSSR count). The maximum Gasteiger partial charge on any atom is 0.460 e. The Morgan fingerprint density at radius 2 is 1.24 bits per heavy atom. The van der Waals surface area contributed by atoms with E-state index in [9.17, 15) is 44.3 Å². The third kappa shape index (κ3) is 3.02. The summed E-state index contributed by atoms with van der Waals surface area (Å²) in [6, 6.07) is 0. The number of alkyl halides is 9. The number of carbonyl (C=O) groups is 1. The van der Waals surface area contributed by atoms with Crippen molar-refractivity contribution in [1.82, 2.24) is 0 Å². The van der Waals surface area contributed by atoms with E-state index in [0.717, 1.165) is 0 Å². The van der Waals surface area contributed by atoms with Gasteiger partial charge in [0.1, 0.15) is 6.42 Å². The molecular weight excluding hydrogens is 331 g/mol. The minimum Gasteiger partial charge on any atom is -0.469 e. The number of halogens is 9. The third-order valence-electron chi connectivity index (χ3n) is 2.27. The van der Waals surface area contributed by atoms with Crippen LogP contribution in [-0.2, 0) is 9.53 Å². The average Bonchev–Trinajstić information content (AvgIpc) is 2.25. The van der Waals surface area contributed by atoms with Crippen molar-refractivity contribution in [3.05, 3.63) is 0 Å².